The van der Waals surface area contributed by atoms with E-state index in [4.69, 9.17) is 4.74 Å². The van der Waals surface area contributed by atoms with E-state index in [0.717, 1.165) is 23.9 Å². The van der Waals surface area contributed by atoms with Crippen LogP contribution in [0.25, 0.3) is 10.9 Å². The van der Waals surface area contributed by atoms with Crippen LogP contribution in [0.2, 0.25) is 0 Å². The summed E-state index contributed by atoms with van der Waals surface area (Å²) in [4.78, 5) is 15.1. The first-order valence-corrected chi connectivity index (χ1v) is 6.55. The Labute approximate surface area is 116 Å². The van der Waals surface area contributed by atoms with Crippen molar-refractivity contribution in [2.75, 3.05) is 6.61 Å². The quantitative estimate of drug-likeness (QED) is 0.572. The minimum absolute atomic E-state index is 0.293. The largest absolute Gasteiger partial charge is 0.462 e. The van der Waals surface area contributed by atoms with Crippen molar-refractivity contribution in [3.63, 3.8) is 0 Å². The molecule has 1 aromatic carbocycles. The Balaban J connectivity index is 1.58. The molecule has 0 aliphatic carbocycles. The second kappa shape index (κ2) is 5.61. The Morgan fingerprint density at radius 1 is 1.30 bits per heavy atom. The van der Waals surface area contributed by atoms with Gasteiger partial charge in [0.05, 0.1) is 17.7 Å². The van der Waals surface area contributed by atoms with Crippen molar-refractivity contribution in [1.29, 1.82) is 0 Å². The fraction of sp³-hybridized carbons (Fsp3) is 0.200. The number of esters is 1. The average molecular weight is 269 g/mol. The summed E-state index contributed by atoms with van der Waals surface area (Å²) in [5.41, 5.74) is 1.40. The van der Waals surface area contributed by atoms with Crippen LogP contribution in [0.1, 0.15) is 16.8 Å². The summed E-state index contributed by atoms with van der Waals surface area (Å²) in [6.07, 6.45) is 6.19. The van der Waals surface area contributed by atoms with Crippen LogP contribution in [-0.4, -0.2) is 27.3 Å². The third-order valence-electron chi connectivity index (χ3n) is 3.13. The second-order valence-corrected chi connectivity index (χ2v) is 4.51. The molecule has 20 heavy (non-hydrogen) atoms. The van der Waals surface area contributed by atoms with Gasteiger partial charge in [-0.15, -0.1) is 0 Å². The summed E-state index contributed by atoms with van der Waals surface area (Å²) >= 11 is 0. The van der Waals surface area contributed by atoms with Crippen LogP contribution >= 0.6 is 0 Å². The van der Waals surface area contributed by atoms with Crippen LogP contribution in [0.15, 0.2) is 48.9 Å². The number of nitrogens with zero attached hydrogens (tertiary/aromatic N) is 2. The maximum absolute atomic E-state index is 12.1. The zero-order valence-electron chi connectivity index (χ0n) is 11.0. The molecule has 0 aliphatic heterocycles. The highest BCUT2D eigenvalue weighted by Gasteiger charge is 2.11. The maximum Gasteiger partial charge on any atom is 0.340 e. The van der Waals surface area contributed by atoms with Crippen LogP contribution in [0.4, 0.5) is 0 Å². The first kappa shape index (κ1) is 12.5. The molecule has 0 unspecified atom stereocenters. The molecule has 5 heteroatoms. The van der Waals surface area contributed by atoms with Gasteiger partial charge < -0.3 is 9.72 Å². The molecule has 0 saturated heterocycles. The number of hydrogen-bond donors (Lipinski definition) is 1. The van der Waals surface area contributed by atoms with Gasteiger partial charge >= 0.3 is 5.97 Å². The molecule has 2 aromatic heterocycles. The molecular formula is C15H15N3O2. The van der Waals surface area contributed by atoms with Crippen LogP contribution in [0.3, 0.4) is 0 Å². The van der Waals surface area contributed by atoms with E-state index in [1.165, 1.54) is 0 Å². The number of aromatic nitrogens is 3. The lowest BCUT2D eigenvalue weighted by Gasteiger charge is -2.06. The molecule has 3 aromatic rings. The number of para-hydroxylation sites is 1. The number of carbonyl (C=O) groups excluding carboxylic acids is 1. The maximum atomic E-state index is 12.1. The summed E-state index contributed by atoms with van der Waals surface area (Å²) in [5, 5.41) is 5.11. The lowest BCUT2D eigenvalue weighted by Crippen LogP contribution is -2.09. The molecule has 0 spiro atoms. The van der Waals surface area contributed by atoms with Gasteiger partial charge in [0.2, 0.25) is 0 Å². The van der Waals surface area contributed by atoms with Gasteiger partial charge in [0.25, 0.3) is 0 Å². The van der Waals surface area contributed by atoms with Crippen molar-refractivity contribution in [3.05, 3.63) is 54.5 Å². The van der Waals surface area contributed by atoms with Gasteiger partial charge in [-0.05, 0) is 18.2 Å². The lowest BCUT2D eigenvalue weighted by molar-refractivity contribution is 0.0497. The molecule has 0 fully saturated rings. The predicted molar refractivity (Wildman–Crippen MR) is 75.4 cm³/mol. The first-order valence-electron chi connectivity index (χ1n) is 6.55. The van der Waals surface area contributed by atoms with E-state index in [2.05, 4.69) is 10.1 Å². The van der Waals surface area contributed by atoms with Crippen molar-refractivity contribution in [2.24, 2.45) is 0 Å². The smallest absolute Gasteiger partial charge is 0.340 e. The number of nitrogens with one attached hydrogen (secondary N) is 1. The molecule has 102 valence electrons. The van der Waals surface area contributed by atoms with Crippen molar-refractivity contribution < 1.29 is 9.53 Å². The van der Waals surface area contributed by atoms with Crippen LogP contribution in [0.5, 0.6) is 0 Å². The summed E-state index contributed by atoms with van der Waals surface area (Å²) in [5.74, 6) is -0.293. The second-order valence-electron chi connectivity index (χ2n) is 4.51. The Kier molecular flexibility index (Phi) is 3.50. The lowest BCUT2D eigenvalue weighted by atomic mass is 10.1. The topological polar surface area (TPSA) is 59.9 Å². The van der Waals surface area contributed by atoms with Gasteiger partial charge in [0.1, 0.15) is 0 Å². The van der Waals surface area contributed by atoms with Gasteiger partial charge in [0, 0.05) is 36.9 Å². The van der Waals surface area contributed by atoms with Crippen LogP contribution in [-0.2, 0) is 11.3 Å². The van der Waals surface area contributed by atoms with E-state index in [0.29, 0.717) is 12.2 Å². The molecule has 0 amide bonds. The highest BCUT2D eigenvalue weighted by Crippen LogP contribution is 2.17. The van der Waals surface area contributed by atoms with Gasteiger partial charge in [-0.3, -0.25) is 4.68 Å². The molecular weight excluding hydrogens is 254 g/mol. The van der Waals surface area contributed by atoms with E-state index in [-0.39, 0.29) is 5.97 Å². The number of aromatic amines is 1. The van der Waals surface area contributed by atoms with Crippen molar-refractivity contribution in [3.8, 4) is 0 Å². The zero-order valence-corrected chi connectivity index (χ0v) is 11.0. The van der Waals surface area contributed by atoms with Gasteiger partial charge in [-0.2, -0.15) is 5.10 Å². The minimum Gasteiger partial charge on any atom is -0.462 e. The normalized spacial score (nSPS) is 10.8. The summed E-state index contributed by atoms with van der Waals surface area (Å²) in [7, 11) is 0. The number of aryl methyl sites for hydroxylation is 1. The number of carbonyl (C=O) groups is 1. The summed E-state index contributed by atoms with van der Waals surface area (Å²) in [6, 6.07) is 9.40. The van der Waals surface area contributed by atoms with Crippen LogP contribution in [0, 0.1) is 0 Å². The minimum atomic E-state index is -0.293. The highest BCUT2D eigenvalue weighted by molar-refractivity contribution is 6.02. The molecule has 1 N–H and O–H groups in total. The molecule has 5 nitrogen and oxygen atoms in total. The van der Waals surface area contributed by atoms with E-state index in [1.54, 1.807) is 12.3 Å². The Bertz CT molecular complexity index is 701. The van der Waals surface area contributed by atoms with Gasteiger partial charge in [-0.1, -0.05) is 12.1 Å². The number of fused-ring (bicyclic) bond motifs is 1. The Morgan fingerprint density at radius 3 is 3.10 bits per heavy atom. The molecule has 0 bridgehead atoms. The Morgan fingerprint density at radius 2 is 2.25 bits per heavy atom. The van der Waals surface area contributed by atoms with E-state index in [9.17, 15) is 4.79 Å². The number of H-pyrrole nitrogens is 1. The molecule has 0 radical (unpaired) electrons. The molecule has 2 heterocycles. The van der Waals surface area contributed by atoms with Gasteiger partial charge in [0.15, 0.2) is 0 Å². The third kappa shape index (κ3) is 2.56. The Hall–Kier alpha value is -2.56. The fourth-order valence-electron chi connectivity index (χ4n) is 2.16. The number of ether oxygens (including phenoxy) is 1. The molecule has 0 saturated carbocycles. The zero-order chi connectivity index (χ0) is 13.8. The van der Waals surface area contributed by atoms with E-state index < -0.39 is 0 Å². The SMILES string of the molecule is O=C(OCCCn1cccn1)c1cccc2cc[nH]c12. The third-order valence-corrected chi connectivity index (χ3v) is 3.13. The van der Waals surface area contributed by atoms with E-state index in [1.807, 2.05) is 41.3 Å². The van der Waals surface area contributed by atoms with Crippen molar-refractivity contribution in [2.45, 2.75) is 13.0 Å². The van der Waals surface area contributed by atoms with Crippen molar-refractivity contribution in [1.82, 2.24) is 14.8 Å². The number of rotatable bonds is 5. The molecule has 0 aliphatic rings. The fourth-order valence-corrected chi connectivity index (χ4v) is 2.16. The highest BCUT2D eigenvalue weighted by atomic mass is 16.5. The number of benzene rings is 1. The standard InChI is InChI=1S/C15H15N3O2/c19-15(20-11-3-10-18-9-2-7-17-18)13-5-1-4-12-6-8-16-14(12)13/h1-2,4-9,16H,3,10-11H2. The first-order chi connectivity index (χ1) is 9.84. The predicted octanol–water partition coefficient (Wildman–Crippen LogP) is 2.61. The van der Waals surface area contributed by atoms with Crippen molar-refractivity contribution >= 4 is 16.9 Å². The van der Waals surface area contributed by atoms with Gasteiger partial charge in [-0.25, -0.2) is 4.79 Å². The number of hydrogen-bond acceptors (Lipinski definition) is 3. The summed E-state index contributed by atoms with van der Waals surface area (Å²) < 4.78 is 7.12. The molecule has 0 atom stereocenters. The average Bonchev–Trinajstić information content (AvgIpc) is 3.13. The molecule has 3 rings (SSSR count). The van der Waals surface area contributed by atoms with E-state index >= 15 is 0 Å². The van der Waals surface area contributed by atoms with Crippen LogP contribution < -0.4 is 0 Å². The monoisotopic (exact) mass is 269 g/mol. The summed E-state index contributed by atoms with van der Waals surface area (Å²) in [6.45, 7) is 1.13.